The first kappa shape index (κ1) is 17.0. The quantitative estimate of drug-likeness (QED) is 0.560. The lowest BCUT2D eigenvalue weighted by molar-refractivity contribution is -0.138. The van der Waals surface area contributed by atoms with Gasteiger partial charge in [0.1, 0.15) is 0 Å². The molecule has 0 aromatic rings. The maximum atomic E-state index is 10.6. The standard InChI is InChI=1S/C16H28O4/c17-15(18)10-5-3-1-2-4-7-13-8-6-9-14(13)11-12-16(19)20/h13-14H,1-12H2,(H,17,18)(H,19,20)/t13-,14+/m0/s1. The van der Waals surface area contributed by atoms with Crippen LogP contribution in [0.15, 0.2) is 0 Å². The summed E-state index contributed by atoms with van der Waals surface area (Å²) in [5, 5.41) is 17.3. The largest absolute Gasteiger partial charge is 0.481 e. The summed E-state index contributed by atoms with van der Waals surface area (Å²) in [6, 6.07) is 0. The van der Waals surface area contributed by atoms with Crippen LogP contribution in [-0.4, -0.2) is 22.2 Å². The van der Waals surface area contributed by atoms with E-state index in [0.29, 0.717) is 18.8 Å². The molecule has 0 spiro atoms. The molecule has 1 aliphatic carbocycles. The van der Waals surface area contributed by atoms with Gasteiger partial charge < -0.3 is 10.2 Å². The van der Waals surface area contributed by atoms with E-state index in [1.165, 1.54) is 38.5 Å². The minimum Gasteiger partial charge on any atom is -0.481 e. The molecule has 1 saturated carbocycles. The number of aliphatic carboxylic acids is 2. The molecule has 0 bridgehead atoms. The lowest BCUT2D eigenvalue weighted by Gasteiger charge is -2.18. The molecule has 1 rings (SSSR count). The van der Waals surface area contributed by atoms with Crippen LogP contribution in [-0.2, 0) is 9.59 Å². The highest BCUT2D eigenvalue weighted by molar-refractivity contribution is 5.66. The molecule has 4 nitrogen and oxygen atoms in total. The summed E-state index contributed by atoms with van der Waals surface area (Å²) < 4.78 is 0. The second-order valence-electron chi connectivity index (χ2n) is 6.08. The Morgan fingerprint density at radius 2 is 1.30 bits per heavy atom. The van der Waals surface area contributed by atoms with Crippen molar-refractivity contribution in [3.63, 3.8) is 0 Å². The van der Waals surface area contributed by atoms with E-state index < -0.39 is 11.9 Å². The minimum absolute atomic E-state index is 0.292. The Bertz CT molecular complexity index is 301. The smallest absolute Gasteiger partial charge is 0.303 e. The number of hydrogen-bond donors (Lipinski definition) is 2. The Morgan fingerprint density at radius 3 is 1.95 bits per heavy atom. The maximum Gasteiger partial charge on any atom is 0.303 e. The molecule has 0 aromatic carbocycles. The van der Waals surface area contributed by atoms with Crippen LogP contribution in [0.25, 0.3) is 0 Å². The van der Waals surface area contributed by atoms with Gasteiger partial charge >= 0.3 is 11.9 Å². The second kappa shape index (κ2) is 9.78. The lowest BCUT2D eigenvalue weighted by atomic mass is 9.87. The zero-order valence-corrected chi connectivity index (χ0v) is 12.4. The van der Waals surface area contributed by atoms with Gasteiger partial charge in [-0.1, -0.05) is 51.4 Å². The highest BCUT2D eigenvalue weighted by Crippen LogP contribution is 2.38. The SMILES string of the molecule is O=C(O)CCCCCCC[C@H]1CCC[C@@H]1CCC(=O)O. The van der Waals surface area contributed by atoms with Gasteiger partial charge in [0.25, 0.3) is 0 Å². The molecule has 0 unspecified atom stereocenters. The van der Waals surface area contributed by atoms with Crippen molar-refractivity contribution in [3.8, 4) is 0 Å². The molecule has 1 aliphatic rings. The van der Waals surface area contributed by atoms with Gasteiger partial charge in [-0.25, -0.2) is 0 Å². The van der Waals surface area contributed by atoms with Crippen molar-refractivity contribution in [1.29, 1.82) is 0 Å². The lowest BCUT2D eigenvalue weighted by Crippen LogP contribution is -2.10. The van der Waals surface area contributed by atoms with E-state index >= 15 is 0 Å². The van der Waals surface area contributed by atoms with Gasteiger partial charge in [0, 0.05) is 12.8 Å². The molecule has 0 heterocycles. The van der Waals surface area contributed by atoms with E-state index in [9.17, 15) is 9.59 Å². The van der Waals surface area contributed by atoms with E-state index in [2.05, 4.69) is 0 Å². The Hall–Kier alpha value is -1.06. The van der Waals surface area contributed by atoms with E-state index in [4.69, 9.17) is 10.2 Å². The van der Waals surface area contributed by atoms with Gasteiger partial charge in [-0.05, 0) is 24.7 Å². The van der Waals surface area contributed by atoms with E-state index in [1.54, 1.807) is 0 Å². The van der Waals surface area contributed by atoms with Gasteiger partial charge in [0.15, 0.2) is 0 Å². The van der Waals surface area contributed by atoms with Crippen molar-refractivity contribution in [1.82, 2.24) is 0 Å². The molecule has 0 radical (unpaired) electrons. The third kappa shape index (κ3) is 7.51. The zero-order valence-electron chi connectivity index (χ0n) is 12.4. The molecule has 4 heteroatoms. The molecular formula is C16H28O4. The normalized spacial score (nSPS) is 22.0. The Labute approximate surface area is 121 Å². The number of carboxylic acids is 2. The van der Waals surface area contributed by atoms with Crippen LogP contribution in [0.1, 0.15) is 77.0 Å². The first-order valence-corrected chi connectivity index (χ1v) is 8.03. The van der Waals surface area contributed by atoms with Gasteiger partial charge in [-0.15, -0.1) is 0 Å². The van der Waals surface area contributed by atoms with Crippen molar-refractivity contribution in [2.75, 3.05) is 0 Å². The summed E-state index contributed by atoms with van der Waals surface area (Å²) in [6.45, 7) is 0. The van der Waals surface area contributed by atoms with Gasteiger partial charge in [0.05, 0.1) is 0 Å². The average Bonchev–Trinajstić information content (AvgIpc) is 2.82. The number of unbranched alkanes of at least 4 members (excludes halogenated alkanes) is 4. The van der Waals surface area contributed by atoms with Crippen LogP contribution >= 0.6 is 0 Å². The topological polar surface area (TPSA) is 74.6 Å². The number of carbonyl (C=O) groups is 2. The third-order valence-electron chi connectivity index (χ3n) is 4.51. The molecular weight excluding hydrogens is 256 g/mol. The van der Waals surface area contributed by atoms with Crippen molar-refractivity contribution in [2.45, 2.75) is 77.0 Å². The summed E-state index contributed by atoms with van der Waals surface area (Å²) in [5.74, 6) is -0.0159. The molecule has 1 fully saturated rings. The first-order valence-electron chi connectivity index (χ1n) is 8.03. The molecule has 0 saturated heterocycles. The summed E-state index contributed by atoms with van der Waals surface area (Å²) >= 11 is 0. The minimum atomic E-state index is -0.697. The van der Waals surface area contributed by atoms with Crippen LogP contribution in [0.4, 0.5) is 0 Å². The van der Waals surface area contributed by atoms with Gasteiger partial charge in [0.2, 0.25) is 0 Å². The fraction of sp³-hybridized carbons (Fsp3) is 0.875. The van der Waals surface area contributed by atoms with Crippen molar-refractivity contribution in [3.05, 3.63) is 0 Å². The first-order chi connectivity index (χ1) is 9.59. The zero-order chi connectivity index (χ0) is 14.8. The monoisotopic (exact) mass is 284 g/mol. The van der Waals surface area contributed by atoms with Crippen LogP contribution in [0.5, 0.6) is 0 Å². The Morgan fingerprint density at radius 1 is 0.750 bits per heavy atom. The highest BCUT2D eigenvalue weighted by Gasteiger charge is 2.26. The predicted octanol–water partition coefficient (Wildman–Crippen LogP) is 4.08. The summed E-state index contributed by atoms with van der Waals surface area (Å²) in [6.07, 6.45) is 11.7. The van der Waals surface area contributed by atoms with Crippen LogP contribution in [0.3, 0.4) is 0 Å². The van der Waals surface area contributed by atoms with E-state index in [0.717, 1.165) is 31.6 Å². The van der Waals surface area contributed by atoms with E-state index in [-0.39, 0.29) is 0 Å². The van der Waals surface area contributed by atoms with E-state index in [1.807, 2.05) is 0 Å². The summed E-state index contributed by atoms with van der Waals surface area (Å²) in [4.78, 5) is 21.0. The molecule has 0 aromatic heterocycles. The molecule has 2 N–H and O–H groups in total. The Kier molecular flexibility index (Phi) is 8.31. The fourth-order valence-electron chi connectivity index (χ4n) is 3.40. The average molecular weight is 284 g/mol. The van der Waals surface area contributed by atoms with Crippen molar-refractivity contribution >= 4 is 11.9 Å². The molecule has 0 amide bonds. The van der Waals surface area contributed by atoms with Gasteiger partial charge in [-0.2, -0.15) is 0 Å². The maximum absolute atomic E-state index is 10.6. The van der Waals surface area contributed by atoms with Crippen molar-refractivity contribution in [2.24, 2.45) is 11.8 Å². The highest BCUT2D eigenvalue weighted by atomic mass is 16.4. The molecule has 2 atom stereocenters. The number of rotatable bonds is 11. The third-order valence-corrected chi connectivity index (χ3v) is 4.51. The summed E-state index contributed by atoms with van der Waals surface area (Å²) in [5.41, 5.74) is 0. The predicted molar refractivity (Wildman–Crippen MR) is 77.7 cm³/mol. The molecule has 20 heavy (non-hydrogen) atoms. The Balaban J connectivity index is 2.02. The second-order valence-corrected chi connectivity index (χ2v) is 6.08. The fourth-order valence-corrected chi connectivity index (χ4v) is 3.40. The molecule has 0 aliphatic heterocycles. The number of carboxylic acid groups (broad SMARTS) is 2. The van der Waals surface area contributed by atoms with Crippen LogP contribution in [0.2, 0.25) is 0 Å². The van der Waals surface area contributed by atoms with Crippen LogP contribution in [0, 0.1) is 11.8 Å². The molecule has 116 valence electrons. The van der Waals surface area contributed by atoms with Crippen LogP contribution < -0.4 is 0 Å². The van der Waals surface area contributed by atoms with Gasteiger partial charge in [-0.3, -0.25) is 9.59 Å². The van der Waals surface area contributed by atoms with Crippen molar-refractivity contribution < 1.29 is 19.8 Å². The summed E-state index contributed by atoms with van der Waals surface area (Å²) in [7, 11) is 0. The number of hydrogen-bond acceptors (Lipinski definition) is 2.